The van der Waals surface area contributed by atoms with Gasteiger partial charge in [0.05, 0.1) is 30.3 Å². The summed E-state index contributed by atoms with van der Waals surface area (Å²) in [6.45, 7) is 2.74. The van der Waals surface area contributed by atoms with E-state index in [0.717, 1.165) is 0 Å². The molecule has 2 aliphatic rings. The minimum atomic E-state index is -0.452. The van der Waals surface area contributed by atoms with E-state index in [1.807, 2.05) is 0 Å². The first-order chi connectivity index (χ1) is 13.6. The second-order valence-corrected chi connectivity index (χ2v) is 7.09. The Hall–Kier alpha value is -2.71. The van der Waals surface area contributed by atoms with Gasteiger partial charge in [-0.3, -0.25) is 14.5 Å². The second kappa shape index (κ2) is 7.73. The molecule has 2 saturated heterocycles. The molecule has 28 heavy (non-hydrogen) atoms. The molecule has 1 aromatic heterocycles. The number of benzene rings is 1. The number of hydrogen-bond acceptors (Lipinski definition) is 7. The van der Waals surface area contributed by atoms with E-state index in [9.17, 15) is 9.59 Å². The van der Waals surface area contributed by atoms with Crippen molar-refractivity contribution in [2.45, 2.75) is 12.5 Å². The molecule has 0 bridgehead atoms. The summed E-state index contributed by atoms with van der Waals surface area (Å²) < 4.78 is 5.14. The van der Waals surface area contributed by atoms with Crippen LogP contribution in [-0.4, -0.2) is 66.0 Å². The maximum absolute atomic E-state index is 13.0. The zero-order valence-electron chi connectivity index (χ0n) is 15.4. The number of carbonyl (C=O) groups excluding carboxylic acids is 2. The number of piperazine rings is 1. The molecule has 8 nitrogen and oxygen atoms in total. The molecule has 1 atom stereocenters. The van der Waals surface area contributed by atoms with E-state index in [2.05, 4.69) is 19.8 Å². The first-order valence-corrected chi connectivity index (χ1v) is 9.42. The molecule has 0 N–H and O–H groups in total. The highest BCUT2D eigenvalue weighted by Gasteiger charge is 2.43. The highest BCUT2D eigenvalue weighted by molar-refractivity contribution is 6.33. The van der Waals surface area contributed by atoms with Crippen LogP contribution in [0.15, 0.2) is 36.7 Å². The van der Waals surface area contributed by atoms with Gasteiger partial charge in [0.15, 0.2) is 0 Å². The number of nitrogens with zero attached hydrogens (tertiary/aromatic N) is 5. The average molecular weight is 402 g/mol. The third-order valence-corrected chi connectivity index (χ3v) is 5.40. The predicted octanol–water partition coefficient (Wildman–Crippen LogP) is 1.59. The van der Waals surface area contributed by atoms with Crippen molar-refractivity contribution in [2.24, 2.45) is 0 Å². The lowest BCUT2D eigenvalue weighted by molar-refractivity contribution is -0.123. The van der Waals surface area contributed by atoms with Crippen LogP contribution in [0.3, 0.4) is 0 Å². The van der Waals surface area contributed by atoms with Gasteiger partial charge < -0.3 is 9.64 Å². The topological polar surface area (TPSA) is 78.9 Å². The smallest absolute Gasteiger partial charge is 0.251 e. The summed E-state index contributed by atoms with van der Waals surface area (Å²) >= 11 is 6.16. The molecule has 146 valence electrons. The van der Waals surface area contributed by atoms with Crippen LogP contribution in [0.25, 0.3) is 0 Å². The van der Waals surface area contributed by atoms with Crippen molar-refractivity contribution in [3.05, 3.63) is 41.7 Å². The SMILES string of the molecule is COc1ccc(N2C(=O)C[C@@H](N3CCN(c4ncccn4)CC3)C2=O)cc1Cl. The fourth-order valence-electron chi connectivity index (χ4n) is 3.65. The van der Waals surface area contributed by atoms with Gasteiger partial charge in [-0.25, -0.2) is 14.9 Å². The minimum Gasteiger partial charge on any atom is -0.495 e. The number of anilines is 2. The van der Waals surface area contributed by atoms with E-state index in [-0.39, 0.29) is 18.2 Å². The van der Waals surface area contributed by atoms with Crippen molar-refractivity contribution in [1.82, 2.24) is 14.9 Å². The molecule has 2 aliphatic heterocycles. The summed E-state index contributed by atoms with van der Waals surface area (Å²) in [7, 11) is 1.52. The first-order valence-electron chi connectivity index (χ1n) is 9.05. The molecule has 3 heterocycles. The van der Waals surface area contributed by atoms with Crippen LogP contribution >= 0.6 is 11.6 Å². The van der Waals surface area contributed by atoms with Crippen molar-refractivity contribution in [3.8, 4) is 5.75 Å². The van der Waals surface area contributed by atoms with Crippen molar-refractivity contribution >= 4 is 35.1 Å². The number of carbonyl (C=O) groups is 2. The van der Waals surface area contributed by atoms with Crippen LogP contribution in [0.2, 0.25) is 5.02 Å². The van der Waals surface area contributed by atoms with Gasteiger partial charge in [-0.05, 0) is 24.3 Å². The average Bonchev–Trinajstić information content (AvgIpc) is 3.03. The fraction of sp³-hybridized carbons (Fsp3) is 0.368. The fourth-order valence-corrected chi connectivity index (χ4v) is 3.91. The molecule has 0 saturated carbocycles. The Bertz CT molecular complexity index is 886. The van der Waals surface area contributed by atoms with Gasteiger partial charge in [0.2, 0.25) is 11.9 Å². The third-order valence-electron chi connectivity index (χ3n) is 5.11. The molecule has 1 aromatic carbocycles. The van der Waals surface area contributed by atoms with E-state index >= 15 is 0 Å². The number of ether oxygens (including phenoxy) is 1. The number of amides is 2. The van der Waals surface area contributed by atoms with E-state index in [0.29, 0.717) is 48.6 Å². The van der Waals surface area contributed by atoms with Crippen LogP contribution in [0.4, 0.5) is 11.6 Å². The standard InChI is InChI=1S/C19H20ClN5O3/c1-28-16-4-3-13(11-14(16)20)25-17(26)12-15(18(25)27)23-7-9-24(10-8-23)19-21-5-2-6-22-19/h2-6,11,15H,7-10,12H2,1H3/t15-/m1/s1. The number of methoxy groups -OCH3 is 1. The normalized spacial score (nSPS) is 20.7. The number of halogens is 1. The molecule has 2 aromatic rings. The second-order valence-electron chi connectivity index (χ2n) is 6.68. The van der Waals surface area contributed by atoms with Crippen molar-refractivity contribution in [2.75, 3.05) is 43.1 Å². The Balaban J connectivity index is 1.45. The molecule has 0 spiro atoms. The minimum absolute atomic E-state index is 0.171. The molecular formula is C19H20ClN5O3. The molecule has 9 heteroatoms. The lowest BCUT2D eigenvalue weighted by Crippen LogP contribution is -2.53. The van der Waals surface area contributed by atoms with E-state index in [1.165, 1.54) is 12.0 Å². The van der Waals surface area contributed by atoms with E-state index in [4.69, 9.17) is 16.3 Å². The highest BCUT2D eigenvalue weighted by atomic mass is 35.5. The molecule has 0 aliphatic carbocycles. The summed E-state index contributed by atoms with van der Waals surface area (Å²) in [4.78, 5) is 39.5. The first kappa shape index (κ1) is 18.6. The van der Waals surface area contributed by atoms with Crippen LogP contribution in [0.1, 0.15) is 6.42 Å². The Morgan fingerprint density at radius 1 is 1.11 bits per heavy atom. The number of imide groups is 1. The lowest BCUT2D eigenvalue weighted by Gasteiger charge is -2.36. The van der Waals surface area contributed by atoms with Crippen LogP contribution < -0.4 is 14.5 Å². The quantitative estimate of drug-likeness (QED) is 0.720. The van der Waals surface area contributed by atoms with Gasteiger partial charge in [-0.15, -0.1) is 0 Å². The van der Waals surface area contributed by atoms with Crippen molar-refractivity contribution in [3.63, 3.8) is 0 Å². The summed E-state index contributed by atoms with van der Waals surface area (Å²) in [5.41, 5.74) is 0.472. The highest BCUT2D eigenvalue weighted by Crippen LogP contribution is 2.32. The maximum atomic E-state index is 13.0. The molecule has 0 radical (unpaired) electrons. The summed E-state index contributed by atoms with van der Waals surface area (Å²) in [5.74, 6) is 0.756. The van der Waals surface area contributed by atoms with E-state index in [1.54, 1.807) is 36.7 Å². The third kappa shape index (κ3) is 3.41. The number of rotatable bonds is 4. The zero-order chi connectivity index (χ0) is 19.7. The number of aromatic nitrogens is 2. The maximum Gasteiger partial charge on any atom is 0.251 e. The Labute approximate surface area is 167 Å². The summed E-state index contributed by atoms with van der Waals surface area (Å²) in [6.07, 6.45) is 3.60. The molecule has 4 rings (SSSR count). The Kier molecular flexibility index (Phi) is 5.15. The molecule has 2 amide bonds. The van der Waals surface area contributed by atoms with Crippen LogP contribution in [-0.2, 0) is 9.59 Å². The largest absolute Gasteiger partial charge is 0.495 e. The van der Waals surface area contributed by atoms with Gasteiger partial charge in [0, 0.05) is 38.6 Å². The van der Waals surface area contributed by atoms with Gasteiger partial charge in [-0.1, -0.05) is 11.6 Å². The molecule has 0 unspecified atom stereocenters. The van der Waals surface area contributed by atoms with Crippen molar-refractivity contribution in [1.29, 1.82) is 0 Å². The summed E-state index contributed by atoms with van der Waals surface area (Å²) in [5, 5.41) is 0.362. The number of hydrogen-bond donors (Lipinski definition) is 0. The molecule has 2 fully saturated rings. The van der Waals surface area contributed by atoms with Gasteiger partial charge >= 0.3 is 0 Å². The predicted molar refractivity (Wildman–Crippen MR) is 105 cm³/mol. The monoisotopic (exact) mass is 401 g/mol. The van der Waals surface area contributed by atoms with Crippen LogP contribution in [0, 0.1) is 0 Å². The van der Waals surface area contributed by atoms with Gasteiger partial charge in [0.25, 0.3) is 5.91 Å². The Morgan fingerprint density at radius 3 is 2.46 bits per heavy atom. The van der Waals surface area contributed by atoms with Crippen LogP contribution in [0.5, 0.6) is 5.75 Å². The van der Waals surface area contributed by atoms with Gasteiger partial charge in [-0.2, -0.15) is 0 Å². The lowest BCUT2D eigenvalue weighted by atomic mass is 10.2. The van der Waals surface area contributed by atoms with E-state index < -0.39 is 6.04 Å². The van der Waals surface area contributed by atoms with Crippen molar-refractivity contribution < 1.29 is 14.3 Å². The zero-order valence-corrected chi connectivity index (χ0v) is 16.2. The molecular weight excluding hydrogens is 382 g/mol. The Morgan fingerprint density at radius 2 is 1.82 bits per heavy atom. The van der Waals surface area contributed by atoms with Gasteiger partial charge in [0.1, 0.15) is 5.75 Å². The summed E-state index contributed by atoms with van der Waals surface area (Å²) in [6, 6.07) is 6.25.